The molecule has 25 heavy (non-hydrogen) atoms. The number of hydrogen-bond donors (Lipinski definition) is 0. The molecular weight excluding hydrogens is 320 g/mol. The highest BCUT2D eigenvalue weighted by Crippen LogP contribution is 2.49. The van der Waals surface area contributed by atoms with E-state index >= 15 is 0 Å². The number of rotatable bonds is 1. The van der Waals surface area contributed by atoms with Crippen molar-refractivity contribution in [3.8, 4) is 23.0 Å². The molecule has 2 aliphatic heterocycles. The van der Waals surface area contributed by atoms with Crippen molar-refractivity contribution >= 4 is 5.78 Å². The number of ether oxygens (including phenoxy) is 4. The van der Waals surface area contributed by atoms with Gasteiger partial charge in [-0.2, -0.15) is 0 Å². The molecular formula is C20H18O5. The Labute approximate surface area is 145 Å². The minimum Gasteiger partial charge on any atom is -0.454 e. The Morgan fingerprint density at radius 3 is 2.24 bits per heavy atom. The second-order valence-electron chi connectivity index (χ2n) is 6.90. The van der Waals surface area contributed by atoms with Gasteiger partial charge in [-0.1, -0.05) is 19.9 Å². The van der Waals surface area contributed by atoms with Gasteiger partial charge in [0.25, 0.3) is 0 Å². The number of ketones is 1. The molecule has 2 heterocycles. The van der Waals surface area contributed by atoms with E-state index in [-0.39, 0.29) is 37.1 Å². The van der Waals surface area contributed by atoms with Gasteiger partial charge in [0.2, 0.25) is 13.6 Å². The summed E-state index contributed by atoms with van der Waals surface area (Å²) in [7, 11) is 0. The second kappa shape index (κ2) is 5.15. The number of Topliss-reactive ketones (excluding diaryl/α,β-unsaturated/α-hetero) is 1. The van der Waals surface area contributed by atoms with Gasteiger partial charge in [-0.15, -0.1) is 0 Å². The van der Waals surface area contributed by atoms with Crippen LogP contribution in [0.5, 0.6) is 23.0 Å². The van der Waals surface area contributed by atoms with Crippen LogP contribution in [0.4, 0.5) is 0 Å². The first-order valence-corrected chi connectivity index (χ1v) is 8.51. The van der Waals surface area contributed by atoms with Crippen LogP contribution in [0.15, 0.2) is 30.3 Å². The third kappa shape index (κ3) is 2.05. The lowest BCUT2D eigenvalue weighted by Crippen LogP contribution is -2.32. The van der Waals surface area contributed by atoms with Crippen molar-refractivity contribution in [3.63, 3.8) is 0 Å². The normalized spacial score (nSPS) is 25.8. The summed E-state index contributed by atoms with van der Waals surface area (Å²) in [6, 6.07) is 9.83. The topological polar surface area (TPSA) is 54.0 Å². The van der Waals surface area contributed by atoms with Gasteiger partial charge in [-0.05, 0) is 41.3 Å². The van der Waals surface area contributed by atoms with Crippen LogP contribution < -0.4 is 18.9 Å². The molecule has 0 aromatic heterocycles. The minimum atomic E-state index is -0.0664. The zero-order chi connectivity index (χ0) is 17.1. The Morgan fingerprint density at radius 2 is 1.48 bits per heavy atom. The molecule has 128 valence electrons. The van der Waals surface area contributed by atoms with Crippen molar-refractivity contribution in [2.24, 2.45) is 11.8 Å². The molecule has 2 aromatic rings. The van der Waals surface area contributed by atoms with Crippen LogP contribution in [0, 0.1) is 11.8 Å². The molecule has 0 amide bonds. The fourth-order valence-electron chi connectivity index (χ4n) is 4.07. The summed E-state index contributed by atoms with van der Waals surface area (Å²) >= 11 is 0. The fourth-order valence-corrected chi connectivity index (χ4v) is 4.07. The molecule has 0 saturated carbocycles. The van der Waals surface area contributed by atoms with Gasteiger partial charge in [0.1, 0.15) is 0 Å². The molecule has 2 aromatic carbocycles. The van der Waals surface area contributed by atoms with Crippen LogP contribution in [0.1, 0.15) is 41.3 Å². The predicted octanol–water partition coefficient (Wildman–Crippen LogP) is 3.74. The molecule has 0 unspecified atom stereocenters. The third-order valence-electron chi connectivity index (χ3n) is 5.63. The summed E-state index contributed by atoms with van der Waals surface area (Å²) in [4.78, 5) is 12.8. The molecule has 3 aliphatic rings. The fraction of sp³-hybridized carbons (Fsp3) is 0.350. The lowest BCUT2D eigenvalue weighted by molar-refractivity contribution is 0.0866. The molecule has 0 N–H and O–H groups in total. The van der Waals surface area contributed by atoms with Crippen molar-refractivity contribution in [1.82, 2.24) is 0 Å². The quantitative estimate of drug-likeness (QED) is 0.793. The van der Waals surface area contributed by atoms with Crippen LogP contribution in [0.3, 0.4) is 0 Å². The smallest absolute Gasteiger partial charge is 0.231 e. The summed E-state index contributed by atoms with van der Waals surface area (Å²) < 4.78 is 22.0. The molecule has 0 radical (unpaired) electrons. The highest BCUT2D eigenvalue weighted by atomic mass is 16.7. The van der Waals surface area contributed by atoms with Crippen LogP contribution in [0.25, 0.3) is 0 Å². The maximum absolute atomic E-state index is 12.8. The summed E-state index contributed by atoms with van der Waals surface area (Å²) in [5.74, 6) is 3.24. The molecule has 0 bridgehead atoms. The van der Waals surface area contributed by atoms with Gasteiger partial charge < -0.3 is 18.9 Å². The van der Waals surface area contributed by atoms with Crippen molar-refractivity contribution in [1.29, 1.82) is 0 Å². The Hall–Kier alpha value is -2.69. The van der Waals surface area contributed by atoms with Gasteiger partial charge in [-0.3, -0.25) is 4.79 Å². The first-order chi connectivity index (χ1) is 12.1. The second-order valence-corrected chi connectivity index (χ2v) is 6.90. The Morgan fingerprint density at radius 1 is 0.840 bits per heavy atom. The van der Waals surface area contributed by atoms with E-state index in [1.807, 2.05) is 31.2 Å². The SMILES string of the molecule is C[C@H]1[C@H](c2ccc3c(c2)OCO3)c2cc3c(cc2C(=O)[C@@H]1C)OCO3. The molecule has 5 rings (SSSR count). The Kier molecular flexibility index (Phi) is 3.02. The molecule has 0 saturated heterocycles. The van der Waals surface area contributed by atoms with E-state index in [0.717, 1.165) is 28.2 Å². The lowest BCUT2D eigenvalue weighted by atomic mass is 9.67. The standard InChI is InChI=1S/C20H18O5/c1-10-11(2)20(21)14-7-18-17(24-9-25-18)6-13(14)19(10)12-3-4-15-16(5-12)23-8-22-15/h3-7,10-11,19H,8-9H2,1-2H3/t10-,11-,19-/m1/s1. The first kappa shape index (κ1) is 14.6. The third-order valence-corrected chi connectivity index (χ3v) is 5.63. The average molecular weight is 338 g/mol. The summed E-state index contributed by atoms with van der Waals surface area (Å²) in [6.45, 7) is 4.58. The van der Waals surface area contributed by atoms with Crippen molar-refractivity contribution < 1.29 is 23.7 Å². The van der Waals surface area contributed by atoms with E-state index in [1.54, 1.807) is 0 Å². The number of carbonyl (C=O) groups is 1. The molecule has 5 heteroatoms. The zero-order valence-corrected chi connectivity index (χ0v) is 14.1. The number of benzene rings is 2. The maximum atomic E-state index is 12.8. The molecule has 5 nitrogen and oxygen atoms in total. The van der Waals surface area contributed by atoms with Gasteiger partial charge in [0.15, 0.2) is 28.8 Å². The van der Waals surface area contributed by atoms with Crippen molar-refractivity contribution in [2.75, 3.05) is 13.6 Å². The van der Waals surface area contributed by atoms with E-state index in [0.29, 0.717) is 11.5 Å². The van der Waals surface area contributed by atoms with E-state index in [9.17, 15) is 4.79 Å². The van der Waals surface area contributed by atoms with Gasteiger partial charge in [-0.25, -0.2) is 0 Å². The minimum absolute atomic E-state index is 0.0664. The van der Waals surface area contributed by atoms with Gasteiger partial charge in [0.05, 0.1) is 0 Å². The van der Waals surface area contributed by atoms with E-state index in [4.69, 9.17) is 18.9 Å². The number of fused-ring (bicyclic) bond motifs is 3. The molecule has 0 spiro atoms. The largest absolute Gasteiger partial charge is 0.454 e. The highest BCUT2D eigenvalue weighted by molar-refractivity contribution is 6.01. The average Bonchev–Trinajstić information content (AvgIpc) is 3.26. The van der Waals surface area contributed by atoms with Gasteiger partial charge in [0, 0.05) is 17.4 Å². The zero-order valence-electron chi connectivity index (χ0n) is 14.1. The molecule has 1 aliphatic carbocycles. The van der Waals surface area contributed by atoms with Crippen LogP contribution >= 0.6 is 0 Å². The van der Waals surface area contributed by atoms with Crippen LogP contribution in [-0.2, 0) is 0 Å². The van der Waals surface area contributed by atoms with E-state index in [2.05, 4.69) is 13.0 Å². The highest BCUT2D eigenvalue weighted by Gasteiger charge is 2.40. The molecule has 3 atom stereocenters. The van der Waals surface area contributed by atoms with Crippen LogP contribution in [0.2, 0.25) is 0 Å². The monoisotopic (exact) mass is 338 g/mol. The summed E-state index contributed by atoms with van der Waals surface area (Å²) in [6.07, 6.45) is 0. The molecule has 0 fully saturated rings. The Balaban J connectivity index is 1.69. The van der Waals surface area contributed by atoms with E-state index < -0.39 is 0 Å². The number of carbonyl (C=O) groups excluding carboxylic acids is 1. The number of hydrogen-bond acceptors (Lipinski definition) is 5. The lowest BCUT2D eigenvalue weighted by Gasteiger charge is -2.35. The Bertz CT molecular complexity index is 888. The van der Waals surface area contributed by atoms with Crippen molar-refractivity contribution in [2.45, 2.75) is 19.8 Å². The summed E-state index contributed by atoms with van der Waals surface area (Å²) in [5.41, 5.74) is 2.85. The summed E-state index contributed by atoms with van der Waals surface area (Å²) in [5, 5.41) is 0. The van der Waals surface area contributed by atoms with Gasteiger partial charge >= 0.3 is 0 Å². The van der Waals surface area contributed by atoms with Crippen LogP contribution in [-0.4, -0.2) is 19.4 Å². The predicted molar refractivity (Wildman–Crippen MR) is 89.6 cm³/mol. The van der Waals surface area contributed by atoms with Crippen molar-refractivity contribution in [3.05, 3.63) is 47.0 Å². The van der Waals surface area contributed by atoms with E-state index in [1.165, 1.54) is 0 Å². The first-order valence-electron chi connectivity index (χ1n) is 8.51. The maximum Gasteiger partial charge on any atom is 0.231 e.